The van der Waals surface area contributed by atoms with E-state index in [1.165, 1.54) is 18.3 Å². The van der Waals surface area contributed by atoms with Crippen LogP contribution in [0.3, 0.4) is 0 Å². The van der Waals surface area contributed by atoms with Gasteiger partial charge in [0, 0.05) is 18.3 Å². The Bertz CT molecular complexity index is 418. The molecular formula is C11H16F3N3O. The predicted molar refractivity (Wildman–Crippen MR) is 61.1 cm³/mol. The maximum Gasteiger partial charge on any atom is 0.406 e. The summed E-state index contributed by atoms with van der Waals surface area (Å²) in [6.07, 6.45) is -3.14. The Hall–Kier alpha value is -1.50. The summed E-state index contributed by atoms with van der Waals surface area (Å²) in [5.74, 6) is -0.567. The first-order chi connectivity index (χ1) is 8.08. The van der Waals surface area contributed by atoms with Crippen LogP contribution in [0.15, 0.2) is 18.3 Å². The van der Waals surface area contributed by atoms with E-state index in [1.807, 2.05) is 0 Å². The second-order valence-corrected chi connectivity index (χ2v) is 4.81. The van der Waals surface area contributed by atoms with Gasteiger partial charge in [-0.2, -0.15) is 13.2 Å². The van der Waals surface area contributed by atoms with E-state index >= 15 is 0 Å². The maximum absolute atomic E-state index is 12.3. The van der Waals surface area contributed by atoms with Gasteiger partial charge in [0.25, 0.3) is 5.91 Å². The van der Waals surface area contributed by atoms with Crippen molar-refractivity contribution in [1.82, 2.24) is 9.88 Å². The second kappa shape index (κ2) is 5.01. The molecule has 3 N–H and O–H groups in total. The number of hydrogen-bond acceptors (Lipinski definition) is 2. The first-order valence-electron chi connectivity index (χ1n) is 5.37. The number of amides is 1. The molecule has 1 amide bonds. The third-order valence-electron chi connectivity index (χ3n) is 2.12. The van der Waals surface area contributed by atoms with Crippen LogP contribution in [0.1, 0.15) is 24.3 Å². The number of nitrogens with zero attached hydrogens (tertiary/aromatic N) is 1. The van der Waals surface area contributed by atoms with Crippen LogP contribution in [0.2, 0.25) is 0 Å². The molecule has 1 heterocycles. The molecule has 0 aliphatic carbocycles. The van der Waals surface area contributed by atoms with Crippen LogP contribution < -0.4 is 11.1 Å². The molecule has 0 aliphatic rings. The monoisotopic (exact) mass is 263 g/mol. The molecular weight excluding hydrogens is 247 g/mol. The van der Waals surface area contributed by atoms with Crippen molar-refractivity contribution >= 4 is 5.91 Å². The summed E-state index contributed by atoms with van der Waals surface area (Å²) < 4.78 is 37.7. The van der Waals surface area contributed by atoms with Crippen molar-refractivity contribution < 1.29 is 18.0 Å². The van der Waals surface area contributed by atoms with Gasteiger partial charge in [-0.05, 0) is 26.0 Å². The molecule has 0 radical (unpaired) electrons. The Morgan fingerprint density at radius 3 is 2.56 bits per heavy atom. The summed E-state index contributed by atoms with van der Waals surface area (Å²) in [6, 6.07) is 2.73. The summed E-state index contributed by atoms with van der Waals surface area (Å²) in [5.41, 5.74) is 5.03. The third kappa shape index (κ3) is 4.79. The number of hydrogen-bond donors (Lipinski definition) is 2. The molecule has 102 valence electrons. The standard InChI is InChI=1S/C11H16F3N3O/c1-10(2,15)6-16-9(18)8-4-3-5-17(8)7-11(12,13)14/h3-5H,6-7,15H2,1-2H3,(H,16,18). The molecule has 18 heavy (non-hydrogen) atoms. The molecule has 4 nitrogen and oxygen atoms in total. The van der Waals surface area contributed by atoms with E-state index in [0.717, 1.165) is 4.57 Å². The first kappa shape index (κ1) is 14.6. The van der Waals surface area contributed by atoms with Crippen LogP contribution in [-0.2, 0) is 6.54 Å². The minimum Gasteiger partial charge on any atom is -0.349 e. The highest BCUT2D eigenvalue weighted by molar-refractivity contribution is 5.92. The van der Waals surface area contributed by atoms with Crippen LogP contribution in [-0.4, -0.2) is 28.7 Å². The molecule has 0 saturated carbocycles. The lowest BCUT2D eigenvalue weighted by atomic mass is 10.1. The van der Waals surface area contributed by atoms with Crippen molar-refractivity contribution in [3.05, 3.63) is 24.0 Å². The molecule has 0 unspecified atom stereocenters. The summed E-state index contributed by atoms with van der Waals surface area (Å²) in [5, 5.41) is 2.50. The normalized spacial score (nSPS) is 12.6. The smallest absolute Gasteiger partial charge is 0.349 e. The molecule has 1 aromatic heterocycles. The number of nitrogens with one attached hydrogen (secondary N) is 1. The van der Waals surface area contributed by atoms with Gasteiger partial charge < -0.3 is 15.6 Å². The molecule has 0 spiro atoms. The van der Waals surface area contributed by atoms with Crippen molar-refractivity contribution in [2.45, 2.75) is 32.1 Å². The Labute approximate surface area is 103 Å². The molecule has 0 fully saturated rings. The van der Waals surface area contributed by atoms with Gasteiger partial charge in [0.05, 0.1) is 0 Å². The molecule has 1 aromatic rings. The van der Waals surface area contributed by atoms with E-state index in [2.05, 4.69) is 5.32 Å². The summed E-state index contributed by atoms with van der Waals surface area (Å²) in [6.45, 7) is 2.42. The Morgan fingerprint density at radius 1 is 1.44 bits per heavy atom. The predicted octanol–water partition coefficient (Wildman–Crippen LogP) is 1.52. The van der Waals surface area contributed by atoms with Gasteiger partial charge in [0.2, 0.25) is 0 Å². The number of aromatic nitrogens is 1. The molecule has 0 aliphatic heterocycles. The lowest BCUT2D eigenvalue weighted by Gasteiger charge is -2.19. The minimum absolute atomic E-state index is 0.0309. The number of nitrogens with two attached hydrogens (primary N) is 1. The fourth-order valence-electron chi connectivity index (χ4n) is 1.35. The summed E-state index contributed by atoms with van der Waals surface area (Å²) >= 11 is 0. The average Bonchev–Trinajstić information content (AvgIpc) is 2.58. The van der Waals surface area contributed by atoms with E-state index < -0.39 is 24.2 Å². The molecule has 0 saturated heterocycles. The molecule has 7 heteroatoms. The topological polar surface area (TPSA) is 60.0 Å². The number of halogens is 3. The Kier molecular flexibility index (Phi) is 4.05. The van der Waals surface area contributed by atoms with Crippen molar-refractivity contribution in [3.63, 3.8) is 0 Å². The molecule has 0 bridgehead atoms. The van der Waals surface area contributed by atoms with Gasteiger partial charge in [0.1, 0.15) is 12.2 Å². The van der Waals surface area contributed by atoms with E-state index in [4.69, 9.17) is 5.73 Å². The van der Waals surface area contributed by atoms with E-state index in [0.29, 0.717) is 0 Å². The average molecular weight is 263 g/mol. The zero-order valence-corrected chi connectivity index (χ0v) is 10.2. The quantitative estimate of drug-likeness (QED) is 0.865. The molecule has 0 aromatic carbocycles. The number of alkyl halides is 3. The van der Waals surface area contributed by atoms with Crippen molar-refractivity contribution in [1.29, 1.82) is 0 Å². The number of carbonyl (C=O) groups excluding carboxylic acids is 1. The minimum atomic E-state index is -4.36. The first-order valence-corrected chi connectivity index (χ1v) is 5.37. The van der Waals surface area contributed by atoms with Crippen molar-refractivity contribution in [2.75, 3.05) is 6.54 Å². The lowest BCUT2D eigenvalue weighted by Crippen LogP contribution is -2.45. The summed E-state index contributed by atoms with van der Waals surface area (Å²) in [7, 11) is 0. The van der Waals surface area contributed by atoms with Gasteiger partial charge in [-0.3, -0.25) is 4.79 Å². The van der Waals surface area contributed by atoms with Gasteiger partial charge in [-0.1, -0.05) is 0 Å². The highest BCUT2D eigenvalue weighted by atomic mass is 19.4. The van der Waals surface area contributed by atoms with Crippen molar-refractivity contribution in [2.24, 2.45) is 5.73 Å². The maximum atomic E-state index is 12.3. The van der Waals surface area contributed by atoms with Crippen LogP contribution in [0, 0.1) is 0 Å². The lowest BCUT2D eigenvalue weighted by molar-refractivity contribution is -0.140. The van der Waals surface area contributed by atoms with E-state index in [-0.39, 0.29) is 12.2 Å². The summed E-state index contributed by atoms with van der Waals surface area (Å²) in [4.78, 5) is 11.7. The largest absolute Gasteiger partial charge is 0.406 e. The van der Waals surface area contributed by atoms with Gasteiger partial charge in [-0.25, -0.2) is 0 Å². The van der Waals surface area contributed by atoms with E-state index in [9.17, 15) is 18.0 Å². The Morgan fingerprint density at radius 2 is 2.06 bits per heavy atom. The van der Waals surface area contributed by atoms with Gasteiger partial charge >= 0.3 is 6.18 Å². The SMILES string of the molecule is CC(C)(N)CNC(=O)c1cccn1CC(F)(F)F. The van der Waals surface area contributed by atoms with Crippen molar-refractivity contribution in [3.8, 4) is 0 Å². The molecule has 1 rings (SSSR count). The zero-order valence-electron chi connectivity index (χ0n) is 10.2. The second-order valence-electron chi connectivity index (χ2n) is 4.81. The van der Waals surface area contributed by atoms with Crippen LogP contribution in [0.5, 0.6) is 0 Å². The van der Waals surface area contributed by atoms with Gasteiger partial charge in [0.15, 0.2) is 0 Å². The van der Waals surface area contributed by atoms with Crippen LogP contribution in [0.4, 0.5) is 13.2 Å². The van der Waals surface area contributed by atoms with Gasteiger partial charge in [-0.15, -0.1) is 0 Å². The van der Waals surface area contributed by atoms with E-state index in [1.54, 1.807) is 13.8 Å². The third-order valence-corrected chi connectivity index (χ3v) is 2.12. The highest BCUT2D eigenvalue weighted by Crippen LogP contribution is 2.19. The Balaban J connectivity index is 2.72. The highest BCUT2D eigenvalue weighted by Gasteiger charge is 2.29. The fourth-order valence-corrected chi connectivity index (χ4v) is 1.35. The van der Waals surface area contributed by atoms with Crippen LogP contribution in [0.25, 0.3) is 0 Å². The van der Waals surface area contributed by atoms with Crippen LogP contribution >= 0.6 is 0 Å². The zero-order chi connectivity index (χ0) is 14.0. The number of carbonyl (C=O) groups is 1. The molecule has 0 atom stereocenters. The fraction of sp³-hybridized carbons (Fsp3) is 0.545. The number of rotatable bonds is 4.